The minimum absolute atomic E-state index is 0.0181. The maximum Gasteiger partial charge on any atom is 0.213 e. The number of carbonyl (C=O) groups is 1. The second-order valence-corrected chi connectivity index (χ2v) is 5.90. The van der Waals surface area contributed by atoms with E-state index >= 15 is 0 Å². The van der Waals surface area contributed by atoms with Gasteiger partial charge in [0.05, 0.1) is 11.2 Å². The Bertz CT molecular complexity index is 640. The largest absolute Gasteiger partial charge is 0.287 e. The summed E-state index contributed by atoms with van der Waals surface area (Å²) < 4.78 is 15.2. The van der Waals surface area contributed by atoms with Crippen LogP contribution in [0.2, 0.25) is 5.02 Å². The Balaban J connectivity index is 2.53. The molecule has 0 spiro atoms. The third-order valence-electron chi connectivity index (χ3n) is 2.63. The SMILES string of the molecule is CC(C)n1ncc(Cl)c1C(=O)c1ccc(F)cc1I. The van der Waals surface area contributed by atoms with Crippen molar-refractivity contribution in [3.8, 4) is 0 Å². The summed E-state index contributed by atoms with van der Waals surface area (Å²) in [6, 6.07) is 4.06. The van der Waals surface area contributed by atoms with Crippen LogP contribution in [0.25, 0.3) is 0 Å². The number of halogens is 3. The molecule has 2 aromatic rings. The Hall–Kier alpha value is -0.950. The molecule has 0 aliphatic carbocycles. The van der Waals surface area contributed by atoms with E-state index in [0.717, 1.165) is 0 Å². The van der Waals surface area contributed by atoms with Crippen LogP contribution in [-0.4, -0.2) is 15.6 Å². The molecule has 0 aliphatic rings. The summed E-state index contributed by atoms with van der Waals surface area (Å²) in [5.41, 5.74) is 0.757. The molecule has 19 heavy (non-hydrogen) atoms. The van der Waals surface area contributed by atoms with Crippen molar-refractivity contribution >= 4 is 40.0 Å². The maximum atomic E-state index is 13.1. The van der Waals surface area contributed by atoms with Gasteiger partial charge in [0.25, 0.3) is 0 Å². The number of rotatable bonds is 3. The fourth-order valence-electron chi connectivity index (χ4n) is 1.75. The summed E-state index contributed by atoms with van der Waals surface area (Å²) in [5.74, 6) is -0.620. The third-order valence-corrected chi connectivity index (χ3v) is 3.80. The molecule has 2 rings (SSSR count). The zero-order chi connectivity index (χ0) is 14.2. The Kier molecular flexibility index (Phi) is 4.25. The van der Waals surface area contributed by atoms with E-state index < -0.39 is 0 Å². The fraction of sp³-hybridized carbons (Fsp3) is 0.231. The minimum Gasteiger partial charge on any atom is -0.287 e. The first kappa shape index (κ1) is 14.5. The highest BCUT2D eigenvalue weighted by Gasteiger charge is 2.22. The molecule has 0 atom stereocenters. The monoisotopic (exact) mass is 392 g/mol. The quantitative estimate of drug-likeness (QED) is 0.582. The number of hydrogen-bond acceptors (Lipinski definition) is 2. The highest BCUT2D eigenvalue weighted by molar-refractivity contribution is 14.1. The van der Waals surface area contributed by atoms with Gasteiger partial charge in [0.15, 0.2) is 0 Å². The highest BCUT2D eigenvalue weighted by Crippen LogP contribution is 2.24. The first-order chi connectivity index (χ1) is 8.91. The van der Waals surface area contributed by atoms with Gasteiger partial charge in [0.1, 0.15) is 11.5 Å². The number of carbonyl (C=O) groups excluding carboxylic acids is 1. The van der Waals surface area contributed by atoms with Gasteiger partial charge in [0, 0.05) is 15.2 Å². The number of ketones is 1. The van der Waals surface area contributed by atoms with Crippen LogP contribution >= 0.6 is 34.2 Å². The molecule has 0 radical (unpaired) electrons. The van der Waals surface area contributed by atoms with Crippen molar-refractivity contribution in [3.63, 3.8) is 0 Å². The Morgan fingerprint density at radius 1 is 1.47 bits per heavy atom. The number of benzene rings is 1. The van der Waals surface area contributed by atoms with Gasteiger partial charge < -0.3 is 0 Å². The molecule has 100 valence electrons. The molecule has 0 saturated heterocycles. The van der Waals surface area contributed by atoms with E-state index in [1.807, 2.05) is 36.4 Å². The molecule has 6 heteroatoms. The smallest absolute Gasteiger partial charge is 0.213 e. The molecule has 0 N–H and O–H groups in total. The van der Waals surface area contributed by atoms with Crippen LogP contribution in [0, 0.1) is 9.39 Å². The lowest BCUT2D eigenvalue weighted by Crippen LogP contribution is -2.14. The molecule has 0 saturated carbocycles. The average Bonchev–Trinajstić information content (AvgIpc) is 2.70. The second-order valence-electron chi connectivity index (χ2n) is 4.33. The van der Waals surface area contributed by atoms with E-state index in [9.17, 15) is 9.18 Å². The van der Waals surface area contributed by atoms with E-state index in [1.165, 1.54) is 24.4 Å². The topological polar surface area (TPSA) is 34.9 Å². The van der Waals surface area contributed by atoms with E-state index in [1.54, 1.807) is 4.68 Å². The summed E-state index contributed by atoms with van der Waals surface area (Å²) in [4.78, 5) is 12.5. The van der Waals surface area contributed by atoms with Crippen molar-refractivity contribution < 1.29 is 9.18 Å². The molecule has 0 fully saturated rings. The molecule has 0 amide bonds. The maximum absolute atomic E-state index is 13.1. The molecule has 0 unspecified atom stereocenters. The Labute approximate surface area is 128 Å². The van der Waals surface area contributed by atoms with Crippen LogP contribution in [-0.2, 0) is 0 Å². The van der Waals surface area contributed by atoms with Crippen molar-refractivity contribution in [1.82, 2.24) is 9.78 Å². The Morgan fingerprint density at radius 2 is 2.16 bits per heavy atom. The zero-order valence-corrected chi connectivity index (χ0v) is 13.2. The minimum atomic E-state index is -0.371. The van der Waals surface area contributed by atoms with Gasteiger partial charge in [-0.15, -0.1) is 0 Å². The molecule has 0 aliphatic heterocycles. The second kappa shape index (κ2) is 5.58. The summed E-state index contributed by atoms with van der Waals surface area (Å²) >= 11 is 7.97. The van der Waals surface area contributed by atoms with Crippen LogP contribution in [0.1, 0.15) is 35.9 Å². The third kappa shape index (κ3) is 2.81. The van der Waals surface area contributed by atoms with E-state index in [-0.39, 0.29) is 17.6 Å². The van der Waals surface area contributed by atoms with Gasteiger partial charge >= 0.3 is 0 Å². The predicted molar refractivity (Wildman–Crippen MR) is 80.2 cm³/mol. The van der Waals surface area contributed by atoms with Crippen molar-refractivity contribution in [1.29, 1.82) is 0 Å². The molecular weight excluding hydrogens is 382 g/mol. The predicted octanol–water partition coefficient (Wildman–Crippen LogP) is 4.09. The van der Waals surface area contributed by atoms with E-state index in [4.69, 9.17) is 11.6 Å². The lowest BCUT2D eigenvalue weighted by Gasteiger charge is -2.11. The number of hydrogen-bond donors (Lipinski definition) is 0. The van der Waals surface area contributed by atoms with Gasteiger partial charge in [-0.3, -0.25) is 9.48 Å². The lowest BCUT2D eigenvalue weighted by molar-refractivity contribution is 0.102. The van der Waals surface area contributed by atoms with Gasteiger partial charge in [-0.2, -0.15) is 5.10 Å². The van der Waals surface area contributed by atoms with Crippen molar-refractivity contribution in [2.24, 2.45) is 0 Å². The summed E-state index contributed by atoms with van der Waals surface area (Å²) in [5, 5.41) is 4.40. The van der Waals surface area contributed by atoms with E-state index in [2.05, 4.69) is 5.10 Å². The van der Waals surface area contributed by atoms with Crippen molar-refractivity contribution in [2.75, 3.05) is 0 Å². The summed E-state index contributed by atoms with van der Waals surface area (Å²) in [6.45, 7) is 3.82. The number of aromatic nitrogens is 2. The van der Waals surface area contributed by atoms with Crippen molar-refractivity contribution in [2.45, 2.75) is 19.9 Å². The highest BCUT2D eigenvalue weighted by atomic mass is 127. The molecule has 1 aromatic heterocycles. The van der Waals surface area contributed by atoms with Crippen molar-refractivity contribution in [3.05, 3.63) is 50.1 Å². The van der Waals surface area contributed by atoms with E-state index in [0.29, 0.717) is 19.9 Å². The Morgan fingerprint density at radius 3 is 2.74 bits per heavy atom. The molecule has 1 aromatic carbocycles. The van der Waals surface area contributed by atoms with Crippen LogP contribution in [0.15, 0.2) is 24.4 Å². The number of nitrogens with zero attached hydrogens (tertiary/aromatic N) is 2. The fourth-order valence-corrected chi connectivity index (χ4v) is 2.68. The van der Waals surface area contributed by atoms with Crippen LogP contribution < -0.4 is 0 Å². The molecule has 1 heterocycles. The summed E-state index contributed by atoms with van der Waals surface area (Å²) in [6.07, 6.45) is 1.45. The van der Waals surface area contributed by atoms with Crippen LogP contribution in [0.5, 0.6) is 0 Å². The molecule has 0 bridgehead atoms. The lowest BCUT2D eigenvalue weighted by atomic mass is 10.1. The molecular formula is C13H11ClFIN2O. The first-order valence-electron chi connectivity index (χ1n) is 5.64. The first-order valence-corrected chi connectivity index (χ1v) is 7.10. The molecule has 3 nitrogen and oxygen atoms in total. The van der Waals surface area contributed by atoms with Crippen LogP contribution in [0.3, 0.4) is 0 Å². The van der Waals surface area contributed by atoms with Crippen LogP contribution in [0.4, 0.5) is 4.39 Å². The normalized spacial score (nSPS) is 11.1. The van der Waals surface area contributed by atoms with Gasteiger partial charge in [0.2, 0.25) is 5.78 Å². The van der Waals surface area contributed by atoms with Gasteiger partial charge in [-0.25, -0.2) is 4.39 Å². The zero-order valence-electron chi connectivity index (χ0n) is 10.3. The standard InChI is InChI=1S/C13H11ClFIN2O/c1-7(2)18-12(10(14)6-17-18)13(19)9-4-3-8(15)5-11(9)16/h3-7H,1-2H3. The average molecular weight is 393 g/mol. The van der Waals surface area contributed by atoms with Gasteiger partial charge in [-0.1, -0.05) is 11.6 Å². The summed E-state index contributed by atoms with van der Waals surface area (Å²) in [7, 11) is 0. The van der Waals surface area contributed by atoms with Gasteiger partial charge in [-0.05, 0) is 54.6 Å².